The van der Waals surface area contributed by atoms with Crippen molar-refractivity contribution >= 4 is 11.5 Å². The molecule has 86 valence electrons. The molecule has 1 aliphatic heterocycles. The Balaban J connectivity index is 2.37. The number of aromatic nitrogens is 1. The predicted molar refractivity (Wildman–Crippen MR) is 61.5 cm³/mol. The number of nitrogens with zero attached hydrogens (tertiary/aromatic N) is 3. The zero-order chi connectivity index (χ0) is 11.7. The van der Waals surface area contributed by atoms with Gasteiger partial charge in [-0.2, -0.15) is 0 Å². The van der Waals surface area contributed by atoms with Crippen LogP contribution in [0, 0.1) is 16.0 Å². The Morgan fingerprint density at radius 2 is 2.31 bits per heavy atom. The third kappa shape index (κ3) is 1.73. The lowest BCUT2D eigenvalue weighted by Crippen LogP contribution is -2.30. The third-order valence-corrected chi connectivity index (χ3v) is 3.38. The summed E-state index contributed by atoms with van der Waals surface area (Å²) in [5.41, 5.74) is 0.100. The Morgan fingerprint density at radius 1 is 1.56 bits per heavy atom. The van der Waals surface area contributed by atoms with Gasteiger partial charge in [-0.05, 0) is 25.3 Å². The van der Waals surface area contributed by atoms with E-state index < -0.39 is 0 Å². The molecule has 0 N–H and O–H groups in total. The summed E-state index contributed by atoms with van der Waals surface area (Å²) >= 11 is 0. The van der Waals surface area contributed by atoms with Gasteiger partial charge in [-0.1, -0.05) is 6.92 Å². The Morgan fingerprint density at radius 3 is 2.88 bits per heavy atom. The van der Waals surface area contributed by atoms with Gasteiger partial charge in [0.2, 0.25) is 5.82 Å². The average molecular weight is 221 g/mol. The normalized spacial score (nSPS) is 24.8. The Hall–Kier alpha value is -1.65. The molecule has 1 saturated heterocycles. The molecule has 2 atom stereocenters. The van der Waals surface area contributed by atoms with E-state index >= 15 is 0 Å². The highest BCUT2D eigenvalue weighted by Gasteiger charge is 2.32. The molecule has 0 spiro atoms. The summed E-state index contributed by atoms with van der Waals surface area (Å²) in [7, 11) is 0. The minimum absolute atomic E-state index is 0.100. The molecular formula is C11H15N3O2. The summed E-state index contributed by atoms with van der Waals surface area (Å²) in [5.74, 6) is 1.06. The molecule has 0 bridgehead atoms. The van der Waals surface area contributed by atoms with Crippen molar-refractivity contribution in [1.82, 2.24) is 4.98 Å². The van der Waals surface area contributed by atoms with Crippen molar-refractivity contribution in [3.8, 4) is 0 Å². The van der Waals surface area contributed by atoms with E-state index in [1.807, 2.05) is 4.90 Å². The van der Waals surface area contributed by atoms with Crippen LogP contribution in [0.4, 0.5) is 11.5 Å². The van der Waals surface area contributed by atoms with Gasteiger partial charge < -0.3 is 4.90 Å². The summed E-state index contributed by atoms with van der Waals surface area (Å²) < 4.78 is 0. The van der Waals surface area contributed by atoms with Crippen LogP contribution in [0.2, 0.25) is 0 Å². The minimum atomic E-state index is -0.363. The van der Waals surface area contributed by atoms with E-state index in [-0.39, 0.29) is 10.6 Å². The molecule has 16 heavy (non-hydrogen) atoms. The van der Waals surface area contributed by atoms with Crippen LogP contribution in [0.5, 0.6) is 0 Å². The number of rotatable bonds is 2. The molecule has 1 fully saturated rings. The fourth-order valence-corrected chi connectivity index (χ4v) is 2.15. The quantitative estimate of drug-likeness (QED) is 0.567. The van der Waals surface area contributed by atoms with Crippen molar-refractivity contribution in [3.05, 3.63) is 28.4 Å². The van der Waals surface area contributed by atoms with Gasteiger partial charge in [0.05, 0.1) is 4.92 Å². The number of anilines is 1. The maximum atomic E-state index is 10.9. The first-order valence-electron chi connectivity index (χ1n) is 5.47. The number of pyridine rings is 1. The van der Waals surface area contributed by atoms with Crippen LogP contribution in [0.3, 0.4) is 0 Å². The summed E-state index contributed by atoms with van der Waals surface area (Å²) in [5, 5.41) is 10.9. The summed E-state index contributed by atoms with van der Waals surface area (Å²) in [6.07, 6.45) is 2.67. The largest absolute Gasteiger partial charge is 0.348 e. The molecule has 2 unspecified atom stereocenters. The third-order valence-electron chi connectivity index (χ3n) is 3.38. The van der Waals surface area contributed by atoms with Crippen molar-refractivity contribution in [2.24, 2.45) is 5.92 Å². The highest BCUT2D eigenvalue weighted by atomic mass is 16.6. The van der Waals surface area contributed by atoms with E-state index in [0.29, 0.717) is 17.8 Å². The Bertz CT molecular complexity index is 408. The fourth-order valence-electron chi connectivity index (χ4n) is 2.15. The first kappa shape index (κ1) is 10.9. The van der Waals surface area contributed by atoms with Gasteiger partial charge in [0, 0.05) is 24.8 Å². The maximum Gasteiger partial charge on any atom is 0.311 e. The average Bonchev–Trinajstić information content (AvgIpc) is 2.60. The molecule has 2 heterocycles. The summed E-state index contributed by atoms with van der Waals surface area (Å²) in [6, 6.07) is 3.43. The zero-order valence-corrected chi connectivity index (χ0v) is 9.46. The smallest absolute Gasteiger partial charge is 0.311 e. The van der Waals surface area contributed by atoms with E-state index in [1.165, 1.54) is 6.07 Å². The van der Waals surface area contributed by atoms with Gasteiger partial charge in [0.1, 0.15) is 0 Å². The fraction of sp³-hybridized carbons (Fsp3) is 0.545. The maximum absolute atomic E-state index is 10.9. The Labute approximate surface area is 94.2 Å². The molecule has 1 aromatic heterocycles. The minimum Gasteiger partial charge on any atom is -0.348 e. The SMILES string of the molecule is CC1CCN(c2ncccc2[N+](=O)[O-])C1C. The second kappa shape index (κ2) is 4.08. The van der Waals surface area contributed by atoms with Gasteiger partial charge in [-0.15, -0.1) is 0 Å². The standard InChI is InChI=1S/C11H15N3O2/c1-8-5-7-13(9(8)2)11-10(14(15)16)4-3-6-12-11/h3-4,6,8-9H,5,7H2,1-2H3. The second-order valence-corrected chi connectivity index (χ2v) is 4.30. The monoisotopic (exact) mass is 221 g/mol. The van der Waals surface area contributed by atoms with Gasteiger partial charge >= 0.3 is 5.69 Å². The topological polar surface area (TPSA) is 59.3 Å². The van der Waals surface area contributed by atoms with Crippen LogP contribution >= 0.6 is 0 Å². The molecular weight excluding hydrogens is 206 g/mol. The molecule has 0 aromatic carbocycles. The van der Waals surface area contributed by atoms with Crippen LogP contribution in [0.25, 0.3) is 0 Å². The molecule has 0 amide bonds. The number of hydrogen-bond acceptors (Lipinski definition) is 4. The van der Waals surface area contributed by atoms with Crippen LogP contribution in [-0.4, -0.2) is 22.5 Å². The molecule has 5 heteroatoms. The lowest BCUT2D eigenvalue weighted by molar-refractivity contribution is -0.384. The van der Waals surface area contributed by atoms with Gasteiger partial charge in [-0.25, -0.2) is 4.98 Å². The van der Waals surface area contributed by atoms with Gasteiger partial charge in [0.15, 0.2) is 0 Å². The van der Waals surface area contributed by atoms with Crippen LogP contribution in [0.1, 0.15) is 20.3 Å². The number of hydrogen-bond donors (Lipinski definition) is 0. The molecule has 0 radical (unpaired) electrons. The highest BCUT2D eigenvalue weighted by molar-refractivity contribution is 5.58. The first-order chi connectivity index (χ1) is 7.61. The van der Waals surface area contributed by atoms with Gasteiger partial charge in [0.25, 0.3) is 0 Å². The summed E-state index contributed by atoms with van der Waals surface area (Å²) in [6.45, 7) is 5.11. The predicted octanol–water partition coefficient (Wildman–Crippen LogP) is 2.22. The molecule has 1 aromatic rings. The van der Waals surface area contributed by atoms with Crippen molar-refractivity contribution in [3.63, 3.8) is 0 Å². The lowest BCUT2D eigenvalue weighted by atomic mass is 10.1. The molecule has 0 saturated carbocycles. The number of nitro groups is 1. The highest BCUT2D eigenvalue weighted by Crippen LogP contribution is 2.33. The van der Waals surface area contributed by atoms with E-state index in [4.69, 9.17) is 0 Å². The van der Waals surface area contributed by atoms with E-state index in [9.17, 15) is 10.1 Å². The second-order valence-electron chi connectivity index (χ2n) is 4.30. The van der Waals surface area contributed by atoms with E-state index in [2.05, 4.69) is 18.8 Å². The van der Waals surface area contributed by atoms with Crippen molar-refractivity contribution in [1.29, 1.82) is 0 Å². The van der Waals surface area contributed by atoms with Crippen LogP contribution in [0.15, 0.2) is 18.3 Å². The first-order valence-corrected chi connectivity index (χ1v) is 5.47. The Kier molecular flexibility index (Phi) is 2.77. The molecule has 1 aliphatic rings. The van der Waals surface area contributed by atoms with Crippen LogP contribution < -0.4 is 4.90 Å². The zero-order valence-electron chi connectivity index (χ0n) is 9.46. The van der Waals surface area contributed by atoms with E-state index in [0.717, 1.165) is 13.0 Å². The lowest BCUT2D eigenvalue weighted by Gasteiger charge is -2.23. The summed E-state index contributed by atoms with van der Waals surface area (Å²) in [4.78, 5) is 16.7. The van der Waals surface area contributed by atoms with Crippen molar-refractivity contribution in [2.75, 3.05) is 11.4 Å². The van der Waals surface area contributed by atoms with Crippen LogP contribution in [-0.2, 0) is 0 Å². The molecule has 5 nitrogen and oxygen atoms in total. The van der Waals surface area contributed by atoms with Gasteiger partial charge in [-0.3, -0.25) is 10.1 Å². The van der Waals surface area contributed by atoms with Crippen molar-refractivity contribution in [2.45, 2.75) is 26.3 Å². The van der Waals surface area contributed by atoms with Crippen molar-refractivity contribution < 1.29 is 4.92 Å². The molecule has 0 aliphatic carbocycles. The van der Waals surface area contributed by atoms with E-state index in [1.54, 1.807) is 12.3 Å². The molecule has 2 rings (SSSR count).